The molecule has 4 heterocycles. The fraction of sp³-hybridized carbons (Fsp3) is 0.455. The molecule has 146 valence electrons. The molecule has 2 atom stereocenters. The molecule has 2 bridgehead atoms. The van der Waals surface area contributed by atoms with Gasteiger partial charge < -0.3 is 14.0 Å². The number of ketones is 1. The number of rotatable bonds is 3. The number of likely N-dealkylation sites (tertiary alicyclic amines) is 1. The molecule has 0 N–H and O–H groups in total. The van der Waals surface area contributed by atoms with Crippen molar-refractivity contribution in [3.05, 3.63) is 58.0 Å². The third-order valence-corrected chi connectivity index (χ3v) is 5.99. The van der Waals surface area contributed by atoms with E-state index in [9.17, 15) is 9.59 Å². The minimum Gasteiger partial charge on any atom is -0.490 e. The second-order valence-electron chi connectivity index (χ2n) is 8.03. The molecule has 1 fully saturated rings. The van der Waals surface area contributed by atoms with Crippen LogP contribution in [0, 0.1) is 5.92 Å². The Balaban J connectivity index is 1.32. The number of pyridine rings is 1. The van der Waals surface area contributed by atoms with E-state index in [1.54, 1.807) is 6.07 Å². The van der Waals surface area contributed by atoms with Gasteiger partial charge >= 0.3 is 0 Å². The second-order valence-corrected chi connectivity index (χ2v) is 8.03. The average Bonchev–Trinajstić information content (AvgIpc) is 2.93. The molecule has 1 aromatic carbocycles. The van der Waals surface area contributed by atoms with Crippen LogP contribution < -0.4 is 15.0 Å². The van der Waals surface area contributed by atoms with Gasteiger partial charge in [-0.05, 0) is 36.6 Å². The Morgan fingerprint density at radius 1 is 1.04 bits per heavy atom. The van der Waals surface area contributed by atoms with E-state index in [1.165, 1.54) is 0 Å². The molecular formula is C22H24N2O4. The molecule has 1 aromatic heterocycles. The van der Waals surface area contributed by atoms with Crippen LogP contribution in [0.3, 0.4) is 0 Å². The first-order valence-corrected chi connectivity index (χ1v) is 10.0. The molecule has 0 amide bonds. The predicted molar refractivity (Wildman–Crippen MR) is 104 cm³/mol. The molecule has 5 rings (SSSR count). The largest absolute Gasteiger partial charge is 0.490 e. The van der Waals surface area contributed by atoms with Crippen molar-refractivity contribution in [1.82, 2.24) is 9.47 Å². The number of fused-ring (bicyclic) bond motifs is 5. The first-order chi connectivity index (χ1) is 13.7. The van der Waals surface area contributed by atoms with Crippen molar-refractivity contribution in [1.29, 1.82) is 0 Å². The van der Waals surface area contributed by atoms with Crippen LogP contribution in [0.1, 0.15) is 34.8 Å². The number of hydrogen-bond donors (Lipinski definition) is 0. The van der Waals surface area contributed by atoms with Crippen LogP contribution in [0.5, 0.6) is 11.5 Å². The molecule has 28 heavy (non-hydrogen) atoms. The van der Waals surface area contributed by atoms with Crippen molar-refractivity contribution < 1.29 is 14.3 Å². The molecule has 2 aromatic rings. The van der Waals surface area contributed by atoms with E-state index in [1.807, 2.05) is 28.8 Å². The molecule has 0 saturated carbocycles. The molecule has 0 unspecified atom stereocenters. The number of Topliss-reactive ketones (excluding diaryl/α,β-unsaturated/α-hetero) is 1. The van der Waals surface area contributed by atoms with Crippen molar-refractivity contribution in [2.45, 2.75) is 25.3 Å². The summed E-state index contributed by atoms with van der Waals surface area (Å²) < 4.78 is 13.3. The highest BCUT2D eigenvalue weighted by atomic mass is 16.5. The van der Waals surface area contributed by atoms with Gasteiger partial charge in [0.25, 0.3) is 5.56 Å². The van der Waals surface area contributed by atoms with Crippen LogP contribution in [0.4, 0.5) is 0 Å². The summed E-state index contributed by atoms with van der Waals surface area (Å²) in [6.45, 7) is 4.06. The molecular weight excluding hydrogens is 356 g/mol. The van der Waals surface area contributed by atoms with Gasteiger partial charge in [0, 0.05) is 49.3 Å². The normalized spacial score (nSPS) is 23.6. The number of nitrogens with zero attached hydrogens (tertiary/aromatic N) is 2. The molecule has 6 heteroatoms. The third kappa shape index (κ3) is 3.22. The summed E-state index contributed by atoms with van der Waals surface area (Å²) in [6.07, 6.45) is 1.94. The van der Waals surface area contributed by atoms with Crippen LogP contribution in [0.2, 0.25) is 0 Å². The van der Waals surface area contributed by atoms with Crippen molar-refractivity contribution in [3.63, 3.8) is 0 Å². The summed E-state index contributed by atoms with van der Waals surface area (Å²) >= 11 is 0. The lowest BCUT2D eigenvalue weighted by Gasteiger charge is -2.42. The molecule has 1 saturated heterocycles. The molecule has 0 spiro atoms. The summed E-state index contributed by atoms with van der Waals surface area (Å²) in [5.74, 6) is 2.21. The quantitative estimate of drug-likeness (QED) is 0.765. The number of carbonyl (C=O) groups is 1. The first kappa shape index (κ1) is 17.5. The van der Waals surface area contributed by atoms with Gasteiger partial charge in [0.05, 0.1) is 19.8 Å². The van der Waals surface area contributed by atoms with Gasteiger partial charge in [-0.1, -0.05) is 6.07 Å². The Morgan fingerprint density at radius 2 is 1.89 bits per heavy atom. The highest BCUT2D eigenvalue weighted by Crippen LogP contribution is 2.35. The summed E-state index contributed by atoms with van der Waals surface area (Å²) in [6, 6.07) is 11.0. The Morgan fingerprint density at radius 3 is 2.79 bits per heavy atom. The fourth-order valence-electron chi connectivity index (χ4n) is 4.76. The Bertz CT molecular complexity index is 967. The van der Waals surface area contributed by atoms with E-state index in [4.69, 9.17) is 9.47 Å². The van der Waals surface area contributed by atoms with Crippen LogP contribution in [0.25, 0.3) is 0 Å². The van der Waals surface area contributed by atoms with E-state index >= 15 is 0 Å². The van der Waals surface area contributed by atoms with Gasteiger partial charge in [-0.2, -0.15) is 0 Å². The smallest absolute Gasteiger partial charge is 0.250 e. The number of benzene rings is 1. The van der Waals surface area contributed by atoms with E-state index in [2.05, 4.69) is 11.0 Å². The molecule has 6 nitrogen and oxygen atoms in total. The fourth-order valence-corrected chi connectivity index (χ4v) is 4.76. The van der Waals surface area contributed by atoms with Crippen LogP contribution in [-0.2, 0) is 6.54 Å². The number of aromatic nitrogens is 1. The maximum absolute atomic E-state index is 12.9. The SMILES string of the molecule is O=C(CN1C[C@@H]2C[C@H](C1)c1cccc(=O)n1C2)c1ccc2c(c1)OCCCO2. The minimum absolute atomic E-state index is 0.0870. The van der Waals surface area contributed by atoms with Crippen LogP contribution >= 0.6 is 0 Å². The van der Waals surface area contributed by atoms with Crippen LogP contribution in [0.15, 0.2) is 41.2 Å². The van der Waals surface area contributed by atoms with Crippen molar-refractivity contribution >= 4 is 5.78 Å². The number of piperidine rings is 1. The van der Waals surface area contributed by atoms with E-state index < -0.39 is 0 Å². The lowest BCUT2D eigenvalue weighted by Crippen LogP contribution is -2.48. The van der Waals surface area contributed by atoms with Gasteiger partial charge in [-0.3, -0.25) is 14.5 Å². The van der Waals surface area contributed by atoms with Crippen molar-refractivity contribution in [2.75, 3.05) is 32.8 Å². The summed E-state index contributed by atoms with van der Waals surface area (Å²) in [5, 5.41) is 0. The Hall–Kier alpha value is -2.60. The summed E-state index contributed by atoms with van der Waals surface area (Å²) in [7, 11) is 0. The monoisotopic (exact) mass is 380 g/mol. The van der Waals surface area contributed by atoms with E-state index in [-0.39, 0.29) is 11.3 Å². The maximum atomic E-state index is 12.9. The number of hydrogen-bond acceptors (Lipinski definition) is 5. The standard InChI is InChI=1S/C22H24N2O4/c25-19(16-5-6-20-21(10-16)28-8-2-7-27-20)14-23-11-15-9-17(13-23)18-3-1-4-22(26)24(18)12-15/h1,3-6,10,15,17H,2,7-9,11-14H2/t15-,17+/m0/s1. The third-order valence-electron chi connectivity index (χ3n) is 5.99. The topological polar surface area (TPSA) is 60.8 Å². The van der Waals surface area contributed by atoms with Gasteiger partial charge in [-0.15, -0.1) is 0 Å². The number of ether oxygens (including phenoxy) is 2. The predicted octanol–water partition coefficient (Wildman–Crippen LogP) is 2.31. The minimum atomic E-state index is 0.0870. The number of carbonyl (C=O) groups excluding carboxylic acids is 1. The van der Waals surface area contributed by atoms with Crippen molar-refractivity contribution in [2.24, 2.45) is 5.92 Å². The zero-order valence-electron chi connectivity index (χ0n) is 15.8. The molecule has 3 aliphatic heterocycles. The zero-order chi connectivity index (χ0) is 19.1. The maximum Gasteiger partial charge on any atom is 0.250 e. The Kier molecular flexibility index (Phi) is 4.43. The van der Waals surface area contributed by atoms with E-state index in [0.29, 0.717) is 48.7 Å². The summed E-state index contributed by atoms with van der Waals surface area (Å²) in [5.41, 5.74) is 1.86. The average molecular weight is 380 g/mol. The van der Waals surface area contributed by atoms with Crippen molar-refractivity contribution in [3.8, 4) is 11.5 Å². The second kappa shape index (κ2) is 7.09. The van der Waals surface area contributed by atoms with E-state index in [0.717, 1.165) is 38.2 Å². The molecule has 0 aliphatic carbocycles. The van der Waals surface area contributed by atoms with Crippen LogP contribution in [-0.4, -0.2) is 48.1 Å². The van der Waals surface area contributed by atoms with Gasteiger partial charge in [0.1, 0.15) is 0 Å². The highest BCUT2D eigenvalue weighted by Gasteiger charge is 2.35. The highest BCUT2D eigenvalue weighted by molar-refractivity contribution is 5.98. The summed E-state index contributed by atoms with van der Waals surface area (Å²) in [4.78, 5) is 27.3. The van der Waals surface area contributed by atoms with Gasteiger partial charge in [0.15, 0.2) is 17.3 Å². The first-order valence-electron chi connectivity index (χ1n) is 10.0. The lowest BCUT2D eigenvalue weighted by molar-refractivity contribution is 0.0817. The molecule has 3 aliphatic rings. The zero-order valence-corrected chi connectivity index (χ0v) is 15.8. The van der Waals surface area contributed by atoms with Gasteiger partial charge in [-0.25, -0.2) is 0 Å². The van der Waals surface area contributed by atoms with Gasteiger partial charge in [0.2, 0.25) is 0 Å². The Labute approximate surface area is 163 Å². The lowest BCUT2D eigenvalue weighted by atomic mass is 9.83. The molecule has 0 radical (unpaired) electrons.